The van der Waals surface area contributed by atoms with Gasteiger partial charge in [-0.15, -0.1) is 0 Å². The number of carbonyl (C=O) groups excluding carboxylic acids is 2. The first-order valence-corrected chi connectivity index (χ1v) is 13.3. The first-order chi connectivity index (χ1) is 17.4. The highest BCUT2D eigenvalue weighted by atomic mass is 16.7. The highest BCUT2D eigenvalue weighted by molar-refractivity contribution is 6.62. The molecule has 1 unspecified atom stereocenters. The van der Waals surface area contributed by atoms with E-state index in [9.17, 15) is 9.59 Å². The summed E-state index contributed by atoms with van der Waals surface area (Å²) in [5.41, 5.74) is 2.99. The van der Waals surface area contributed by atoms with Crippen LogP contribution in [0.4, 0.5) is 0 Å². The zero-order chi connectivity index (χ0) is 28.9. The highest BCUT2D eigenvalue weighted by Crippen LogP contribution is 2.36. The predicted molar refractivity (Wildman–Crippen MR) is 155 cm³/mol. The fraction of sp³-hybridized carbons (Fsp3) is 0.548. The summed E-state index contributed by atoms with van der Waals surface area (Å²) in [5, 5.41) is 3.04. The van der Waals surface area contributed by atoms with Gasteiger partial charge < -0.3 is 19.4 Å². The summed E-state index contributed by atoms with van der Waals surface area (Å²) in [7, 11) is 1.40. The highest BCUT2D eigenvalue weighted by Gasteiger charge is 2.51. The summed E-state index contributed by atoms with van der Waals surface area (Å²) in [6.07, 6.45) is 1.43. The molecule has 0 bridgehead atoms. The van der Waals surface area contributed by atoms with Crippen molar-refractivity contribution in [2.75, 3.05) is 7.05 Å². The molecule has 0 radical (unpaired) electrons. The molecule has 0 spiro atoms. The Kier molecular flexibility index (Phi) is 10.1. The standard InChI is InChI=1S/C20H32BNO4.C11H14O/c1-18(2,3)24-17(23)16(22-8)13-14-9-11-15(12-10-14)21-25-19(4,5)20(6,7)26-21;1-11(2,3)10-6-4-9(8-12)5-7-10/h9-12,16,22H,13H2,1-8H3;4-8H,1-3H3. The van der Waals surface area contributed by atoms with Crippen LogP contribution in [0.2, 0.25) is 0 Å². The average Bonchev–Trinajstić information content (AvgIpc) is 3.03. The maximum absolute atomic E-state index is 12.3. The van der Waals surface area contributed by atoms with E-state index in [1.807, 2.05) is 97.0 Å². The van der Waals surface area contributed by atoms with E-state index in [4.69, 9.17) is 14.0 Å². The van der Waals surface area contributed by atoms with E-state index >= 15 is 0 Å². The number of aldehydes is 1. The van der Waals surface area contributed by atoms with Crippen molar-refractivity contribution in [3.05, 3.63) is 65.2 Å². The lowest BCUT2D eigenvalue weighted by Gasteiger charge is -2.32. The van der Waals surface area contributed by atoms with Crippen molar-refractivity contribution in [3.8, 4) is 0 Å². The van der Waals surface area contributed by atoms with Crippen LogP contribution < -0.4 is 10.8 Å². The van der Waals surface area contributed by atoms with Gasteiger partial charge in [-0.05, 0) is 83.9 Å². The summed E-state index contributed by atoms with van der Waals surface area (Å²) in [5.74, 6) is -0.241. The van der Waals surface area contributed by atoms with Crippen molar-refractivity contribution in [2.45, 2.75) is 104 Å². The molecule has 1 atom stereocenters. The average molecular weight is 524 g/mol. The SMILES string of the molecule is CC(C)(C)c1ccc(C=O)cc1.CNC(Cc1ccc(B2OC(C)(C)C(C)(C)O2)cc1)C(=O)OC(C)(C)C. The van der Waals surface area contributed by atoms with E-state index < -0.39 is 5.60 Å². The summed E-state index contributed by atoms with van der Waals surface area (Å²) in [4.78, 5) is 22.7. The molecule has 208 valence electrons. The Morgan fingerprint density at radius 3 is 1.82 bits per heavy atom. The maximum Gasteiger partial charge on any atom is 0.494 e. The Morgan fingerprint density at radius 1 is 0.921 bits per heavy atom. The number of ether oxygens (including phenoxy) is 1. The number of rotatable bonds is 6. The van der Waals surface area contributed by atoms with E-state index in [2.05, 4.69) is 26.1 Å². The van der Waals surface area contributed by atoms with Gasteiger partial charge in [-0.25, -0.2) is 0 Å². The predicted octanol–water partition coefficient (Wildman–Crippen LogP) is 5.25. The van der Waals surface area contributed by atoms with Gasteiger partial charge in [0.15, 0.2) is 0 Å². The molecule has 6 nitrogen and oxygen atoms in total. The molecule has 1 fully saturated rings. The molecule has 0 saturated carbocycles. The lowest BCUT2D eigenvalue weighted by Crippen LogP contribution is -2.41. The third kappa shape index (κ3) is 8.79. The van der Waals surface area contributed by atoms with Gasteiger partial charge in [-0.3, -0.25) is 9.59 Å². The second-order valence-corrected chi connectivity index (χ2v) is 12.9. The largest absolute Gasteiger partial charge is 0.494 e. The van der Waals surface area contributed by atoms with Gasteiger partial charge in [0, 0.05) is 5.56 Å². The molecule has 1 N–H and O–H groups in total. The van der Waals surface area contributed by atoms with Crippen LogP contribution >= 0.6 is 0 Å². The van der Waals surface area contributed by atoms with Gasteiger partial charge in [0.2, 0.25) is 0 Å². The quantitative estimate of drug-likeness (QED) is 0.317. The van der Waals surface area contributed by atoms with Gasteiger partial charge in [-0.2, -0.15) is 0 Å². The molecule has 7 heteroatoms. The fourth-order valence-electron chi connectivity index (χ4n) is 3.76. The van der Waals surface area contributed by atoms with Gasteiger partial charge in [0.1, 0.15) is 17.9 Å². The zero-order valence-electron chi connectivity index (χ0n) is 25.1. The molecule has 1 saturated heterocycles. The number of esters is 1. The third-order valence-corrected chi connectivity index (χ3v) is 6.90. The number of benzene rings is 2. The first-order valence-electron chi connectivity index (χ1n) is 13.3. The Balaban J connectivity index is 0.000000352. The van der Waals surface area contributed by atoms with E-state index in [1.54, 1.807) is 7.05 Å². The Bertz CT molecular complexity index is 1050. The third-order valence-electron chi connectivity index (χ3n) is 6.90. The molecule has 3 rings (SSSR count). The van der Waals surface area contributed by atoms with Crippen LogP contribution in [0.1, 0.15) is 90.7 Å². The number of hydrogen-bond acceptors (Lipinski definition) is 6. The van der Waals surface area contributed by atoms with Crippen molar-refractivity contribution in [1.82, 2.24) is 5.32 Å². The van der Waals surface area contributed by atoms with Crippen LogP contribution in [0.5, 0.6) is 0 Å². The van der Waals surface area contributed by atoms with Crippen molar-refractivity contribution >= 4 is 24.8 Å². The first kappa shape index (κ1) is 31.7. The molecular formula is C31H46BNO5. The molecule has 1 heterocycles. The number of carbonyl (C=O) groups is 2. The van der Waals surface area contributed by atoms with Crippen LogP contribution in [0, 0.1) is 0 Å². The molecule has 38 heavy (non-hydrogen) atoms. The molecule has 0 aromatic heterocycles. The van der Waals surface area contributed by atoms with Gasteiger partial charge in [-0.1, -0.05) is 69.3 Å². The minimum atomic E-state index is -0.493. The van der Waals surface area contributed by atoms with Gasteiger partial charge in [0.05, 0.1) is 11.2 Å². The Hall–Kier alpha value is -2.48. The van der Waals surface area contributed by atoms with Crippen molar-refractivity contribution in [1.29, 1.82) is 0 Å². The lowest BCUT2D eigenvalue weighted by atomic mass is 9.78. The summed E-state index contributed by atoms with van der Waals surface area (Å²) >= 11 is 0. The van der Waals surface area contributed by atoms with Crippen LogP contribution in [-0.2, 0) is 30.7 Å². The monoisotopic (exact) mass is 523 g/mol. The van der Waals surface area contributed by atoms with E-state index in [1.165, 1.54) is 5.56 Å². The van der Waals surface area contributed by atoms with Crippen LogP contribution in [-0.4, -0.2) is 49.3 Å². The smallest absolute Gasteiger partial charge is 0.459 e. The van der Waals surface area contributed by atoms with Crippen LogP contribution in [0.25, 0.3) is 0 Å². The minimum Gasteiger partial charge on any atom is -0.459 e. The lowest BCUT2D eigenvalue weighted by molar-refractivity contribution is -0.157. The number of hydrogen-bond donors (Lipinski definition) is 1. The fourth-order valence-corrected chi connectivity index (χ4v) is 3.76. The van der Waals surface area contributed by atoms with Gasteiger partial charge >= 0.3 is 13.1 Å². The molecule has 0 amide bonds. The van der Waals surface area contributed by atoms with Crippen LogP contribution in [0.15, 0.2) is 48.5 Å². The molecule has 0 aliphatic carbocycles. The topological polar surface area (TPSA) is 73.9 Å². The minimum absolute atomic E-state index is 0.168. The van der Waals surface area contributed by atoms with E-state index in [0.717, 1.165) is 22.9 Å². The zero-order valence-corrected chi connectivity index (χ0v) is 25.1. The maximum atomic E-state index is 12.3. The summed E-state index contributed by atoms with van der Waals surface area (Å²) < 4.78 is 17.6. The Morgan fingerprint density at radius 2 is 1.42 bits per heavy atom. The molecular weight excluding hydrogens is 477 g/mol. The molecule has 1 aliphatic heterocycles. The van der Waals surface area contributed by atoms with Crippen LogP contribution in [0.3, 0.4) is 0 Å². The van der Waals surface area contributed by atoms with Crippen molar-refractivity contribution in [2.24, 2.45) is 0 Å². The van der Waals surface area contributed by atoms with Crippen molar-refractivity contribution in [3.63, 3.8) is 0 Å². The summed E-state index contributed by atoms with van der Waals surface area (Å²) in [6.45, 7) is 20.2. The van der Waals surface area contributed by atoms with Crippen molar-refractivity contribution < 1.29 is 23.6 Å². The van der Waals surface area contributed by atoms with E-state index in [0.29, 0.717) is 6.42 Å². The normalized spacial score (nSPS) is 17.3. The number of nitrogens with one attached hydrogen (secondary N) is 1. The Labute approximate surface area is 230 Å². The van der Waals surface area contributed by atoms with E-state index in [-0.39, 0.29) is 35.7 Å². The molecule has 2 aromatic carbocycles. The molecule has 2 aromatic rings. The second kappa shape index (κ2) is 12.1. The van der Waals surface area contributed by atoms with Gasteiger partial charge in [0.25, 0.3) is 0 Å². The number of likely N-dealkylation sites (N-methyl/N-ethyl adjacent to an activating group) is 1. The second-order valence-electron chi connectivity index (χ2n) is 12.9. The molecule has 1 aliphatic rings. The summed E-state index contributed by atoms with van der Waals surface area (Å²) in [6, 6.07) is 15.4.